The minimum atomic E-state index is -1.10. The monoisotopic (exact) mass is 802 g/mol. The molecule has 9 unspecified atom stereocenters. The zero-order chi connectivity index (χ0) is 40.0. The molecule has 0 amide bonds. The van der Waals surface area contributed by atoms with Gasteiger partial charge in [0.05, 0.1) is 31.0 Å². The normalized spacial score (nSPS) is 31.9. The molecular weight excluding hydrogens is 745 g/mol. The minimum absolute atomic E-state index is 0.0348. The molecule has 0 N–H and O–H groups in total. The van der Waals surface area contributed by atoms with Crippen molar-refractivity contribution < 1.29 is 66.5 Å². The number of carbonyl (C=O) groups excluding carboxylic acids is 4. The molecule has 4 rings (SSSR count). The molecule has 0 spiro atoms. The molecule has 0 radical (unpaired) electrons. The van der Waals surface area contributed by atoms with Gasteiger partial charge in [0.1, 0.15) is 36.8 Å². The van der Waals surface area contributed by atoms with E-state index in [2.05, 4.69) is 0 Å². The fourth-order valence-electron chi connectivity index (χ4n) is 5.98. The zero-order valence-corrected chi connectivity index (χ0v) is 34.9. The van der Waals surface area contributed by atoms with Crippen molar-refractivity contribution in [3.8, 4) is 0 Å². The first-order chi connectivity index (χ1) is 25.0. The third kappa shape index (κ3) is 14.9. The Balaban J connectivity index is 1.68. The summed E-state index contributed by atoms with van der Waals surface area (Å²) in [6.45, 7) is 20.7. The number of thioether (sulfide) groups is 2. The van der Waals surface area contributed by atoms with Crippen molar-refractivity contribution >= 4 is 46.4 Å². The van der Waals surface area contributed by atoms with Crippen LogP contribution in [0.5, 0.6) is 0 Å². The van der Waals surface area contributed by atoms with Crippen molar-refractivity contribution in [2.45, 2.75) is 172 Å². The van der Waals surface area contributed by atoms with E-state index in [9.17, 15) is 19.2 Å². The lowest BCUT2D eigenvalue weighted by molar-refractivity contribution is -0.0640. The summed E-state index contributed by atoms with van der Waals surface area (Å²) in [6.07, 6.45) is -2.70. The van der Waals surface area contributed by atoms with Gasteiger partial charge in [-0.15, -0.1) is 0 Å². The number of carbonyl (C=O) groups is 4. The van der Waals surface area contributed by atoms with E-state index < -0.39 is 93.1 Å². The predicted octanol–water partition coefficient (Wildman–Crippen LogP) is 8.48. The van der Waals surface area contributed by atoms with E-state index in [4.69, 9.17) is 47.4 Å². The lowest BCUT2D eigenvalue weighted by Crippen LogP contribution is -2.39. The van der Waals surface area contributed by atoms with Crippen LogP contribution in [0.4, 0.5) is 19.2 Å². The highest BCUT2D eigenvalue weighted by molar-refractivity contribution is 8.14. The highest BCUT2D eigenvalue weighted by Gasteiger charge is 2.47. The van der Waals surface area contributed by atoms with Gasteiger partial charge in [-0.05, 0) is 68.4 Å². The largest absolute Gasteiger partial charge is 0.509 e. The maximum Gasteiger partial charge on any atom is 0.509 e. The molecule has 0 aromatic rings. The van der Waals surface area contributed by atoms with Gasteiger partial charge >= 0.3 is 22.9 Å². The molecule has 2 aliphatic carbocycles. The van der Waals surface area contributed by atoms with Crippen LogP contribution in [-0.4, -0.2) is 107 Å². The molecule has 54 heavy (non-hydrogen) atoms. The van der Waals surface area contributed by atoms with Crippen molar-refractivity contribution in [2.75, 3.05) is 13.4 Å². The van der Waals surface area contributed by atoms with Crippen LogP contribution >= 0.6 is 23.5 Å². The molecule has 0 aromatic heterocycles. The second-order valence-corrected chi connectivity index (χ2v) is 20.7. The molecule has 2 saturated heterocycles. The first-order valence-electron chi connectivity index (χ1n) is 18.5. The Morgan fingerprint density at radius 1 is 0.685 bits per heavy atom. The highest BCUT2D eigenvalue weighted by atomic mass is 32.2. The third-order valence-corrected chi connectivity index (χ3v) is 9.83. The van der Waals surface area contributed by atoms with Crippen LogP contribution in [0, 0.1) is 5.92 Å². The second kappa shape index (κ2) is 18.6. The summed E-state index contributed by atoms with van der Waals surface area (Å²) in [5, 5.41) is -0.998. The number of ether oxygens (including phenoxy) is 10. The van der Waals surface area contributed by atoms with Crippen molar-refractivity contribution in [2.24, 2.45) is 5.92 Å². The molecule has 0 saturated carbocycles. The van der Waals surface area contributed by atoms with E-state index in [0.717, 1.165) is 23.5 Å². The fourth-order valence-corrected chi connectivity index (χ4v) is 7.31. The van der Waals surface area contributed by atoms with Crippen molar-refractivity contribution in [3.05, 3.63) is 23.8 Å². The summed E-state index contributed by atoms with van der Waals surface area (Å²) in [7, 11) is 0. The first kappa shape index (κ1) is 44.2. The second-order valence-electron chi connectivity index (χ2n) is 17.1. The molecule has 16 heteroatoms. The number of rotatable bonds is 7. The highest BCUT2D eigenvalue weighted by Crippen LogP contribution is 2.40. The molecule has 14 nitrogen and oxygen atoms in total. The van der Waals surface area contributed by atoms with Crippen molar-refractivity contribution in [1.82, 2.24) is 0 Å². The number of hydrogen-bond acceptors (Lipinski definition) is 16. The average molecular weight is 803 g/mol. The molecule has 306 valence electrons. The molecular formula is C38H58O14S2. The maximum absolute atomic E-state index is 13.4. The Morgan fingerprint density at radius 2 is 1.19 bits per heavy atom. The molecule has 2 fully saturated rings. The van der Waals surface area contributed by atoms with E-state index in [-0.39, 0.29) is 45.0 Å². The fraction of sp³-hybridized carbons (Fsp3) is 0.789. The SMILES string of the molecule is CC(C)COC(=O)OC1/C=C/C(OC(=O)OC(C)(C)C)CC2OC(/C3=C\C(OC(=O)SC(C)(C)C)CC4OCOC4CC3OC(=O)SC(C)(C)C)OC2C1. The summed E-state index contributed by atoms with van der Waals surface area (Å²) in [6, 6.07) is 0. The Morgan fingerprint density at radius 3 is 1.70 bits per heavy atom. The van der Waals surface area contributed by atoms with E-state index in [1.54, 1.807) is 39.0 Å². The van der Waals surface area contributed by atoms with Gasteiger partial charge in [0.2, 0.25) is 0 Å². The smallest absolute Gasteiger partial charge is 0.450 e. The molecule has 2 heterocycles. The van der Waals surface area contributed by atoms with Crippen molar-refractivity contribution in [1.29, 1.82) is 0 Å². The molecule has 0 aromatic carbocycles. The van der Waals surface area contributed by atoms with Crippen LogP contribution in [0.2, 0.25) is 0 Å². The van der Waals surface area contributed by atoms with E-state index >= 15 is 0 Å². The Bertz CT molecular complexity index is 1380. The lowest BCUT2D eigenvalue weighted by Gasteiger charge is -2.32. The van der Waals surface area contributed by atoms with Crippen molar-refractivity contribution in [3.63, 3.8) is 0 Å². The number of hydrogen-bond donors (Lipinski definition) is 0. The summed E-state index contributed by atoms with van der Waals surface area (Å²) < 4.78 is 58.4. The maximum atomic E-state index is 13.4. The van der Waals surface area contributed by atoms with Gasteiger partial charge in [0.15, 0.2) is 6.29 Å². The van der Waals surface area contributed by atoms with Crippen LogP contribution in [0.15, 0.2) is 23.8 Å². The van der Waals surface area contributed by atoms with Crippen LogP contribution in [0.25, 0.3) is 0 Å². The summed E-state index contributed by atoms with van der Waals surface area (Å²) in [5.74, 6) is 0.0984. The third-order valence-electron chi connectivity index (χ3n) is 8.08. The summed E-state index contributed by atoms with van der Waals surface area (Å²) in [5.41, 5.74) is -0.376. The zero-order valence-electron chi connectivity index (χ0n) is 33.3. The topological polar surface area (TPSA) is 161 Å². The van der Waals surface area contributed by atoms with E-state index in [1.807, 2.05) is 55.4 Å². The Kier molecular flexibility index (Phi) is 15.3. The van der Waals surface area contributed by atoms with E-state index in [0.29, 0.717) is 5.57 Å². The minimum Gasteiger partial charge on any atom is -0.450 e. The van der Waals surface area contributed by atoms with Crippen LogP contribution in [0.1, 0.15) is 102 Å². The Labute approximate surface area is 327 Å². The Hall–Kier alpha value is -2.50. The van der Waals surface area contributed by atoms with Gasteiger partial charge in [-0.2, -0.15) is 0 Å². The summed E-state index contributed by atoms with van der Waals surface area (Å²) in [4.78, 5) is 51.9. The standard InChI is InChI=1S/C38H58O14S2/c1-21(2)19-43-32(39)46-22-12-13-23(47-33(40)52-36(3,4)5)16-30-29(15-22)49-31(50-30)25-14-24(48-34(41)53-37(6,7)8)17-27-28(45-20-44-27)18-26(25)51-35(42)54-38(9,10)11/h12-14,21-24,26-31H,15-20H2,1-11H3/b13-12+,25-14-. The molecule has 0 bridgehead atoms. The van der Waals surface area contributed by atoms with E-state index in [1.165, 1.54) is 0 Å². The van der Waals surface area contributed by atoms with Gasteiger partial charge in [-0.25, -0.2) is 19.2 Å². The van der Waals surface area contributed by atoms with Gasteiger partial charge < -0.3 is 47.4 Å². The quantitative estimate of drug-likeness (QED) is 0.137. The number of fused-ring (bicyclic) bond motifs is 2. The first-order valence-corrected chi connectivity index (χ1v) is 20.1. The summed E-state index contributed by atoms with van der Waals surface area (Å²) >= 11 is 2.09. The van der Waals surface area contributed by atoms with Gasteiger partial charge in [-0.3, -0.25) is 0 Å². The van der Waals surface area contributed by atoms with Gasteiger partial charge in [0.25, 0.3) is 0 Å². The molecule has 4 aliphatic rings. The van der Waals surface area contributed by atoms with Crippen LogP contribution in [-0.2, 0) is 47.4 Å². The lowest BCUT2D eigenvalue weighted by atomic mass is 9.91. The van der Waals surface area contributed by atoms with Crippen LogP contribution in [0.3, 0.4) is 0 Å². The molecule has 9 atom stereocenters. The van der Waals surface area contributed by atoms with Gasteiger partial charge in [-0.1, -0.05) is 55.4 Å². The van der Waals surface area contributed by atoms with Crippen LogP contribution < -0.4 is 0 Å². The predicted molar refractivity (Wildman–Crippen MR) is 201 cm³/mol. The average Bonchev–Trinajstić information content (AvgIpc) is 3.57. The molecule has 2 aliphatic heterocycles. The van der Waals surface area contributed by atoms with Gasteiger partial charge in [0, 0.05) is 40.8 Å².